The Kier molecular flexibility index (Phi) is 5.38. The van der Waals surface area contributed by atoms with Crippen LogP contribution in [0.1, 0.15) is 17.0 Å². The fourth-order valence-corrected chi connectivity index (χ4v) is 4.91. The normalized spacial score (nSPS) is 12.8. The van der Waals surface area contributed by atoms with Gasteiger partial charge in [-0.2, -0.15) is 0 Å². The van der Waals surface area contributed by atoms with Crippen LogP contribution in [0, 0.1) is 0 Å². The minimum atomic E-state index is -4.15. The minimum absolute atomic E-state index is 0.0419. The molecule has 0 fully saturated rings. The Morgan fingerprint density at radius 1 is 1.00 bits per heavy atom. The van der Waals surface area contributed by atoms with Crippen LogP contribution in [0.15, 0.2) is 81.5 Å². The van der Waals surface area contributed by atoms with Crippen LogP contribution in [0.5, 0.6) is 0 Å². The summed E-state index contributed by atoms with van der Waals surface area (Å²) in [4.78, 5) is 27.1. The molecule has 4 rings (SSSR count). The number of para-hydroxylation sites is 1. The van der Waals surface area contributed by atoms with Crippen molar-refractivity contribution in [2.24, 2.45) is 14.1 Å². The molecule has 0 spiro atoms. The first-order valence-corrected chi connectivity index (χ1v) is 11.1. The van der Waals surface area contributed by atoms with E-state index in [1.54, 1.807) is 0 Å². The lowest BCUT2D eigenvalue weighted by atomic mass is 9.91. The van der Waals surface area contributed by atoms with E-state index in [0.717, 1.165) is 37.4 Å². The van der Waals surface area contributed by atoms with Crippen LogP contribution < -0.4 is 16.0 Å². The Bertz CT molecular complexity index is 1470. The average Bonchev–Trinajstić information content (AvgIpc) is 3.19. The average molecular weight is 439 g/mol. The number of aryl methyl sites for hydroxylation is 1. The summed E-state index contributed by atoms with van der Waals surface area (Å²) < 4.78 is 30.4. The van der Waals surface area contributed by atoms with Crippen LogP contribution in [0.3, 0.4) is 0 Å². The number of rotatable bonds is 6. The number of aromatic nitrogens is 3. The van der Waals surface area contributed by atoms with Crippen molar-refractivity contribution in [1.29, 1.82) is 0 Å². The van der Waals surface area contributed by atoms with E-state index in [9.17, 15) is 18.0 Å². The number of fused-ring (bicyclic) bond motifs is 1. The number of benzene rings is 2. The van der Waals surface area contributed by atoms with Gasteiger partial charge >= 0.3 is 5.69 Å². The number of nitrogens with one attached hydrogen (secondary N) is 2. The molecule has 4 aromatic rings. The van der Waals surface area contributed by atoms with Crippen LogP contribution >= 0.6 is 0 Å². The van der Waals surface area contributed by atoms with Crippen molar-refractivity contribution in [2.45, 2.75) is 10.8 Å². The number of hydrogen-bond acceptors (Lipinski definition) is 4. The zero-order valence-electron chi connectivity index (χ0n) is 17.1. The quantitative estimate of drug-likeness (QED) is 0.478. The van der Waals surface area contributed by atoms with Crippen molar-refractivity contribution in [1.82, 2.24) is 18.8 Å². The predicted molar refractivity (Wildman–Crippen MR) is 119 cm³/mol. The molecular weight excluding hydrogens is 416 g/mol. The third-order valence-electron chi connectivity index (χ3n) is 5.38. The van der Waals surface area contributed by atoms with E-state index in [1.807, 2.05) is 60.8 Å². The zero-order valence-corrected chi connectivity index (χ0v) is 17.9. The van der Waals surface area contributed by atoms with E-state index < -0.39 is 26.2 Å². The van der Waals surface area contributed by atoms with Gasteiger partial charge < -0.3 is 9.55 Å². The largest absolute Gasteiger partial charge is 0.361 e. The van der Waals surface area contributed by atoms with Crippen molar-refractivity contribution in [2.75, 3.05) is 6.54 Å². The van der Waals surface area contributed by atoms with Gasteiger partial charge in [-0.3, -0.25) is 9.36 Å². The molecule has 1 atom stereocenters. The van der Waals surface area contributed by atoms with Crippen molar-refractivity contribution < 1.29 is 8.42 Å². The molecule has 0 bridgehead atoms. The van der Waals surface area contributed by atoms with Crippen LogP contribution in [0.4, 0.5) is 0 Å². The fourth-order valence-electron chi connectivity index (χ4n) is 3.71. The molecule has 0 aliphatic rings. The molecule has 0 amide bonds. The Morgan fingerprint density at radius 3 is 2.42 bits per heavy atom. The highest BCUT2D eigenvalue weighted by molar-refractivity contribution is 7.89. The van der Waals surface area contributed by atoms with Crippen molar-refractivity contribution >= 4 is 20.9 Å². The molecule has 0 aliphatic heterocycles. The van der Waals surface area contributed by atoms with Crippen LogP contribution in [-0.2, 0) is 24.1 Å². The second kappa shape index (κ2) is 8.01. The number of hydrogen-bond donors (Lipinski definition) is 2. The van der Waals surface area contributed by atoms with Gasteiger partial charge in [-0.05, 0) is 17.2 Å². The second-order valence-electron chi connectivity index (χ2n) is 7.36. The Balaban J connectivity index is 1.74. The summed E-state index contributed by atoms with van der Waals surface area (Å²) in [6.07, 6.45) is 2.93. The summed E-state index contributed by atoms with van der Waals surface area (Å²) in [5, 5.41) is 0.994. The van der Waals surface area contributed by atoms with Gasteiger partial charge in [-0.15, -0.1) is 0 Å². The maximum atomic E-state index is 13.0. The monoisotopic (exact) mass is 438 g/mol. The maximum Gasteiger partial charge on any atom is 0.330 e. The summed E-state index contributed by atoms with van der Waals surface area (Å²) >= 11 is 0. The summed E-state index contributed by atoms with van der Waals surface area (Å²) in [6, 6.07) is 17.4. The smallest absolute Gasteiger partial charge is 0.330 e. The predicted octanol–water partition coefficient (Wildman–Crippen LogP) is 1.68. The molecule has 8 nitrogen and oxygen atoms in total. The summed E-state index contributed by atoms with van der Waals surface area (Å²) in [6.45, 7) is 0.0419. The number of aromatic amines is 1. The lowest BCUT2D eigenvalue weighted by Crippen LogP contribution is -2.42. The Labute approximate surface area is 178 Å². The van der Waals surface area contributed by atoms with E-state index >= 15 is 0 Å². The van der Waals surface area contributed by atoms with Gasteiger partial charge in [0.2, 0.25) is 10.0 Å². The topological polar surface area (TPSA) is 106 Å². The van der Waals surface area contributed by atoms with E-state index in [0.29, 0.717) is 0 Å². The van der Waals surface area contributed by atoms with E-state index in [4.69, 9.17) is 0 Å². The molecule has 9 heteroatoms. The first-order chi connectivity index (χ1) is 14.8. The molecule has 0 radical (unpaired) electrons. The van der Waals surface area contributed by atoms with Gasteiger partial charge in [-0.1, -0.05) is 48.5 Å². The summed E-state index contributed by atoms with van der Waals surface area (Å²) in [5.74, 6) is -0.288. The van der Waals surface area contributed by atoms with E-state index in [1.165, 1.54) is 14.1 Å². The van der Waals surface area contributed by atoms with Crippen molar-refractivity contribution in [3.63, 3.8) is 0 Å². The highest BCUT2D eigenvalue weighted by Gasteiger charge is 2.25. The van der Waals surface area contributed by atoms with Gasteiger partial charge in [0.25, 0.3) is 5.56 Å². The third kappa shape index (κ3) is 3.85. The first kappa shape index (κ1) is 20.8. The molecule has 2 aromatic heterocycles. The third-order valence-corrected chi connectivity index (χ3v) is 6.79. The van der Waals surface area contributed by atoms with E-state index in [-0.39, 0.29) is 12.5 Å². The summed E-state index contributed by atoms with van der Waals surface area (Å²) in [7, 11) is -1.50. The molecule has 0 unspecified atom stereocenters. The minimum Gasteiger partial charge on any atom is -0.361 e. The Hall–Kier alpha value is -3.43. The fraction of sp³-hybridized carbons (Fsp3) is 0.182. The molecule has 31 heavy (non-hydrogen) atoms. The molecule has 2 N–H and O–H groups in total. The highest BCUT2D eigenvalue weighted by atomic mass is 32.2. The van der Waals surface area contributed by atoms with Gasteiger partial charge in [0.15, 0.2) is 4.90 Å². The van der Waals surface area contributed by atoms with E-state index in [2.05, 4.69) is 9.71 Å². The number of sulfonamides is 1. The van der Waals surface area contributed by atoms with Crippen molar-refractivity contribution in [3.05, 3.63) is 99.0 Å². The van der Waals surface area contributed by atoms with Gasteiger partial charge in [0.1, 0.15) is 0 Å². The lowest BCUT2D eigenvalue weighted by molar-refractivity contribution is 0.567. The zero-order chi connectivity index (χ0) is 22.2. The summed E-state index contributed by atoms with van der Waals surface area (Å²) in [5.41, 5.74) is 1.37. The molecule has 0 saturated heterocycles. The molecular formula is C22H22N4O4S. The molecule has 2 aromatic carbocycles. The molecule has 2 heterocycles. The number of nitrogens with zero attached hydrogens (tertiary/aromatic N) is 2. The number of H-pyrrole nitrogens is 1. The Morgan fingerprint density at radius 2 is 1.68 bits per heavy atom. The molecule has 160 valence electrons. The van der Waals surface area contributed by atoms with Gasteiger partial charge in [-0.25, -0.2) is 17.9 Å². The SMILES string of the molecule is Cn1cc(S(=O)(=O)NC[C@H](c2ccccc2)c2c[nH]c3ccccc23)c(=O)n(C)c1=O. The van der Waals surface area contributed by atoms with Gasteiger partial charge in [0, 0.05) is 49.9 Å². The van der Waals surface area contributed by atoms with Crippen LogP contribution in [0.2, 0.25) is 0 Å². The van der Waals surface area contributed by atoms with Crippen molar-refractivity contribution in [3.8, 4) is 0 Å². The molecule has 0 aliphatic carbocycles. The van der Waals surface area contributed by atoms with Crippen LogP contribution in [0.25, 0.3) is 10.9 Å². The lowest BCUT2D eigenvalue weighted by Gasteiger charge is -2.18. The van der Waals surface area contributed by atoms with Crippen LogP contribution in [-0.4, -0.2) is 29.1 Å². The first-order valence-electron chi connectivity index (χ1n) is 9.67. The maximum absolute atomic E-state index is 13.0. The van der Waals surface area contributed by atoms with Gasteiger partial charge in [0.05, 0.1) is 0 Å². The highest BCUT2D eigenvalue weighted by Crippen LogP contribution is 2.30. The molecule has 0 saturated carbocycles. The second-order valence-corrected chi connectivity index (χ2v) is 9.09. The standard InChI is InChI=1S/C22H22N4O4S/c1-25-14-20(21(27)26(2)22(25)28)31(29,30)24-13-17(15-8-4-3-5-9-15)18-12-23-19-11-7-6-10-16(18)19/h3-12,14,17,23-24H,13H2,1-2H3/t17-/m1/s1.